The molecular weight excluding hydrogens is 372 g/mol. The van der Waals surface area contributed by atoms with Crippen molar-refractivity contribution in [2.75, 3.05) is 45.3 Å². The van der Waals surface area contributed by atoms with Crippen molar-refractivity contribution in [3.63, 3.8) is 0 Å². The molecule has 0 aromatic heterocycles. The molecule has 3 aliphatic heterocycles. The maximum Gasteiger partial charge on any atom is 0.308 e. The van der Waals surface area contributed by atoms with Crippen molar-refractivity contribution in [1.29, 1.82) is 0 Å². The lowest BCUT2D eigenvalue weighted by Gasteiger charge is -2.40. The number of benzene rings is 1. The number of fused-ring (bicyclic) bond motifs is 1. The number of anilines is 1. The highest BCUT2D eigenvalue weighted by Crippen LogP contribution is 2.33. The number of esters is 1. The largest absolute Gasteiger partial charge is 0.469 e. The van der Waals surface area contributed by atoms with Gasteiger partial charge in [0.05, 0.1) is 36.6 Å². The van der Waals surface area contributed by atoms with E-state index in [0.717, 1.165) is 5.69 Å². The van der Waals surface area contributed by atoms with Crippen LogP contribution < -0.4 is 10.4 Å². The van der Waals surface area contributed by atoms with Crippen molar-refractivity contribution in [3.05, 3.63) is 30.3 Å². The number of nitrogens with one attached hydrogen (secondary N) is 1. The lowest BCUT2D eigenvalue weighted by Crippen LogP contribution is -2.57. The first-order valence-corrected chi connectivity index (χ1v) is 10.2. The van der Waals surface area contributed by atoms with E-state index < -0.39 is 0 Å². The zero-order chi connectivity index (χ0) is 20.5. The summed E-state index contributed by atoms with van der Waals surface area (Å²) in [7, 11) is 3.36. The SMILES string of the molecule is COC(=O)C1CCN(C(=O)C2CN(C)CC3C(=O)N(c4ccccc4)NC23)CC1. The lowest BCUT2D eigenvalue weighted by molar-refractivity contribution is -0.150. The van der Waals surface area contributed by atoms with Crippen molar-refractivity contribution in [2.45, 2.75) is 18.9 Å². The second-order valence-corrected chi connectivity index (χ2v) is 8.22. The van der Waals surface area contributed by atoms with Crippen LogP contribution in [0.5, 0.6) is 0 Å². The Hall–Kier alpha value is -2.45. The fraction of sp³-hybridized carbons (Fsp3) is 0.571. The van der Waals surface area contributed by atoms with Gasteiger partial charge in [-0.1, -0.05) is 18.2 Å². The zero-order valence-corrected chi connectivity index (χ0v) is 16.9. The van der Waals surface area contributed by atoms with Crippen LogP contribution in [0.25, 0.3) is 0 Å². The van der Waals surface area contributed by atoms with Gasteiger partial charge in [0.1, 0.15) is 0 Å². The van der Waals surface area contributed by atoms with E-state index in [9.17, 15) is 14.4 Å². The molecule has 3 aliphatic rings. The third-order valence-electron chi connectivity index (χ3n) is 6.37. The van der Waals surface area contributed by atoms with Gasteiger partial charge in [-0.15, -0.1) is 0 Å². The Bertz CT molecular complexity index is 778. The van der Waals surface area contributed by atoms with Gasteiger partial charge in [-0.25, -0.2) is 10.4 Å². The summed E-state index contributed by atoms with van der Waals surface area (Å²) in [5, 5.41) is 1.60. The van der Waals surface area contributed by atoms with E-state index in [1.165, 1.54) is 7.11 Å². The molecule has 0 radical (unpaired) electrons. The first-order valence-electron chi connectivity index (χ1n) is 10.2. The number of para-hydroxylation sites is 1. The van der Waals surface area contributed by atoms with Crippen molar-refractivity contribution >= 4 is 23.5 Å². The van der Waals surface area contributed by atoms with Crippen molar-refractivity contribution in [1.82, 2.24) is 15.2 Å². The summed E-state index contributed by atoms with van der Waals surface area (Å²) in [6.07, 6.45) is 1.25. The number of amides is 2. The molecule has 29 heavy (non-hydrogen) atoms. The molecule has 1 aromatic rings. The second kappa shape index (κ2) is 8.12. The summed E-state index contributed by atoms with van der Waals surface area (Å²) in [4.78, 5) is 42.1. The molecule has 0 aliphatic carbocycles. The van der Waals surface area contributed by atoms with Crippen LogP contribution in [0.2, 0.25) is 0 Å². The first-order chi connectivity index (χ1) is 14.0. The number of methoxy groups -OCH3 is 1. The normalized spacial score (nSPS) is 28.3. The zero-order valence-electron chi connectivity index (χ0n) is 16.9. The number of hydrogen-bond acceptors (Lipinski definition) is 6. The lowest BCUT2D eigenvalue weighted by atomic mass is 9.83. The summed E-state index contributed by atoms with van der Waals surface area (Å²) in [5.74, 6) is -0.816. The predicted octanol–water partition coefficient (Wildman–Crippen LogP) is 0.496. The Morgan fingerprint density at radius 2 is 1.79 bits per heavy atom. The number of nitrogens with zero attached hydrogens (tertiary/aromatic N) is 3. The molecule has 2 amide bonds. The van der Waals surface area contributed by atoms with Crippen LogP contribution in [0.3, 0.4) is 0 Å². The van der Waals surface area contributed by atoms with Gasteiger partial charge < -0.3 is 14.5 Å². The number of carbonyl (C=O) groups is 3. The summed E-state index contributed by atoms with van der Waals surface area (Å²) in [6.45, 7) is 2.34. The Balaban J connectivity index is 1.48. The van der Waals surface area contributed by atoms with E-state index in [-0.39, 0.29) is 41.6 Å². The highest BCUT2D eigenvalue weighted by Gasteiger charge is 2.51. The van der Waals surface area contributed by atoms with Gasteiger partial charge in [0.15, 0.2) is 0 Å². The summed E-state index contributed by atoms with van der Waals surface area (Å²) >= 11 is 0. The molecule has 0 bridgehead atoms. The maximum absolute atomic E-state index is 13.4. The van der Waals surface area contributed by atoms with E-state index in [1.807, 2.05) is 42.3 Å². The van der Waals surface area contributed by atoms with Gasteiger partial charge in [-0.2, -0.15) is 0 Å². The third kappa shape index (κ3) is 3.74. The van der Waals surface area contributed by atoms with Gasteiger partial charge >= 0.3 is 5.97 Å². The molecule has 3 heterocycles. The van der Waals surface area contributed by atoms with Crippen molar-refractivity contribution in [3.8, 4) is 0 Å². The molecule has 3 saturated heterocycles. The summed E-state index contributed by atoms with van der Waals surface area (Å²) in [6, 6.07) is 9.26. The number of hydrazine groups is 1. The fourth-order valence-corrected chi connectivity index (χ4v) is 4.79. The Kier molecular flexibility index (Phi) is 5.56. The predicted molar refractivity (Wildman–Crippen MR) is 107 cm³/mol. The Morgan fingerprint density at radius 3 is 2.45 bits per heavy atom. The Morgan fingerprint density at radius 1 is 1.10 bits per heavy atom. The number of likely N-dealkylation sites (tertiary alicyclic amines) is 2. The summed E-state index contributed by atoms with van der Waals surface area (Å²) < 4.78 is 4.84. The maximum atomic E-state index is 13.4. The van der Waals surface area contributed by atoms with Crippen LogP contribution in [0.15, 0.2) is 30.3 Å². The third-order valence-corrected chi connectivity index (χ3v) is 6.37. The average Bonchev–Trinajstić information content (AvgIpc) is 3.09. The minimum atomic E-state index is -0.300. The first kappa shape index (κ1) is 19.8. The van der Waals surface area contributed by atoms with Crippen molar-refractivity contribution < 1.29 is 19.1 Å². The van der Waals surface area contributed by atoms with Crippen LogP contribution in [-0.4, -0.2) is 74.0 Å². The smallest absolute Gasteiger partial charge is 0.308 e. The quantitative estimate of drug-likeness (QED) is 0.744. The minimum absolute atomic E-state index is 0.00921. The summed E-state index contributed by atoms with van der Waals surface area (Å²) in [5.41, 5.74) is 4.11. The molecule has 8 nitrogen and oxygen atoms in total. The molecule has 8 heteroatoms. The molecule has 4 rings (SSSR count). The second-order valence-electron chi connectivity index (χ2n) is 8.22. The monoisotopic (exact) mass is 400 g/mol. The molecule has 3 unspecified atom stereocenters. The van der Waals surface area contributed by atoms with Gasteiger partial charge in [-0.3, -0.25) is 14.4 Å². The topological polar surface area (TPSA) is 82.2 Å². The number of ether oxygens (including phenoxy) is 1. The number of rotatable bonds is 3. The van der Waals surface area contributed by atoms with Crippen LogP contribution in [-0.2, 0) is 19.1 Å². The van der Waals surface area contributed by atoms with E-state index in [4.69, 9.17) is 4.74 Å². The standard InChI is InChI=1S/C21H28N4O4/c1-23-12-16(19(26)24-10-8-14(9-11-24)21(28)29-2)18-17(13-23)20(27)25(22-18)15-6-4-3-5-7-15/h3-7,14,16-18,22H,8-13H2,1-2H3. The van der Waals surface area contributed by atoms with Crippen molar-refractivity contribution in [2.24, 2.45) is 17.8 Å². The molecule has 0 saturated carbocycles. The van der Waals surface area contributed by atoms with E-state index in [0.29, 0.717) is 39.0 Å². The molecule has 3 fully saturated rings. The number of hydrogen-bond donors (Lipinski definition) is 1. The highest BCUT2D eigenvalue weighted by atomic mass is 16.5. The van der Waals surface area contributed by atoms with Crippen LogP contribution >= 0.6 is 0 Å². The number of carbonyl (C=O) groups excluding carboxylic acids is 3. The van der Waals surface area contributed by atoms with Gasteiger partial charge in [-0.05, 0) is 32.0 Å². The fourth-order valence-electron chi connectivity index (χ4n) is 4.79. The van der Waals surface area contributed by atoms with Gasteiger partial charge in [0, 0.05) is 26.2 Å². The molecule has 3 atom stereocenters. The highest BCUT2D eigenvalue weighted by molar-refractivity contribution is 5.98. The van der Waals surface area contributed by atoms with Crippen LogP contribution in [0.1, 0.15) is 12.8 Å². The van der Waals surface area contributed by atoms with E-state index in [1.54, 1.807) is 5.01 Å². The minimum Gasteiger partial charge on any atom is -0.469 e. The van der Waals surface area contributed by atoms with Gasteiger partial charge in [0.2, 0.25) is 11.8 Å². The Labute approximate surface area is 170 Å². The molecule has 1 aromatic carbocycles. The molecule has 156 valence electrons. The van der Waals surface area contributed by atoms with Crippen LogP contribution in [0.4, 0.5) is 5.69 Å². The van der Waals surface area contributed by atoms with E-state index in [2.05, 4.69) is 10.3 Å². The number of piperidine rings is 2. The molecule has 0 spiro atoms. The molecule has 1 N–H and O–H groups in total. The average molecular weight is 400 g/mol. The van der Waals surface area contributed by atoms with Crippen LogP contribution in [0, 0.1) is 17.8 Å². The molecular formula is C21H28N4O4. The van der Waals surface area contributed by atoms with Gasteiger partial charge in [0.25, 0.3) is 0 Å². The van der Waals surface area contributed by atoms with E-state index >= 15 is 0 Å².